The number of aromatic nitrogens is 1. The second-order valence-electron chi connectivity index (χ2n) is 2.97. The van der Waals surface area contributed by atoms with Crippen LogP contribution in [0.15, 0.2) is 12.3 Å². The van der Waals surface area contributed by atoms with Crippen molar-refractivity contribution in [3.8, 4) is 12.3 Å². The molecule has 1 aromatic rings. The number of nitrogens with two attached hydrogens (primary N) is 1. The summed E-state index contributed by atoms with van der Waals surface area (Å²) in [6.45, 7) is 3.84. The van der Waals surface area contributed by atoms with Crippen molar-refractivity contribution in [3.05, 3.63) is 17.8 Å². The van der Waals surface area contributed by atoms with Crippen LogP contribution in [0.3, 0.4) is 0 Å². The molecule has 1 aromatic heterocycles. The maximum Gasteiger partial charge on any atom is 0.129 e. The molecule has 3 heteroatoms. The summed E-state index contributed by atoms with van der Waals surface area (Å²) in [5.41, 5.74) is 7.23. The topological polar surface area (TPSA) is 50.9 Å². The van der Waals surface area contributed by atoms with Crippen molar-refractivity contribution >= 4 is 11.5 Å². The summed E-state index contributed by atoms with van der Waals surface area (Å²) in [6, 6.07) is 1.84. The maximum absolute atomic E-state index is 5.56. The van der Waals surface area contributed by atoms with Crippen LogP contribution in [0.1, 0.15) is 12.5 Å². The third-order valence-electron chi connectivity index (χ3n) is 1.70. The molecule has 0 aliphatic heterocycles. The highest BCUT2D eigenvalue weighted by Gasteiger charge is 2.02. The molecule has 0 aliphatic rings. The third kappa shape index (κ3) is 2.38. The normalized spacial score (nSPS) is 11.8. The predicted octanol–water partition coefficient (Wildman–Crippen LogP) is 1.41. The fraction of sp³-hybridized carbons (Fsp3) is 0.300. The van der Waals surface area contributed by atoms with E-state index in [2.05, 4.69) is 16.2 Å². The lowest BCUT2D eigenvalue weighted by atomic mass is 10.2. The van der Waals surface area contributed by atoms with Gasteiger partial charge in [-0.25, -0.2) is 4.98 Å². The molecule has 0 saturated carbocycles. The Labute approximate surface area is 78.4 Å². The highest BCUT2D eigenvalue weighted by atomic mass is 15.0. The summed E-state index contributed by atoms with van der Waals surface area (Å²) >= 11 is 0. The van der Waals surface area contributed by atoms with Gasteiger partial charge in [0.25, 0.3) is 0 Å². The van der Waals surface area contributed by atoms with Gasteiger partial charge in [-0.2, -0.15) is 0 Å². The van der Waals surface area contributed by atoms with Crippen LogP contribution in [0.5, 0.6) is 0 Å². The van der Waals surface area contributed by atoms with Gasteiger partial charge >= 0.3 is 0 Å². The van der Waals surface area contributed by atoms with Crippen molar-refractivity contribution in [2.75, 3.05) is 11.1 Å². The van der Waals surface area contributed by atoms with E-state index in [-0.39, 0.29) is 6.04 Å². The zero-order valence-electron chi connectivity index (χ0n) is 7.83. The summed E-state index contributed by atoms with van der Waals surface area (Å²) in [6.07, 6.45) is 6.84. The van der Waals surface area contributed by atoms with Crippen LogP contribution in [-0.2, 0) is 0 Å². The molecule has 1 unspecified atom stereocenters. The zero-order valence-corrected chi connectivity index (χ0v) is 7.83. The number of hydrogen-bond acceptors (Lipinski definition) is 3. The fourth-order valence-corrected chi connectivity index (χ4v) is 0.994. The van der Waals surface area contributed by atoms with Gasteiger partial charge < -0.3 is 11.1 Å². The number of nitrogens with one attached hydrogen (secondary N) is 1. The lowest BCUT2D eigenvalue weighted by Crippen LogP contribution is -2.14. The van der Waals surface area contributed by atoms with Crippen molar-refractivity contribution in [3.63, 3.8) is 0 Å². The van der Waals surface area contributed by atoms with Gasteiger partial charge in [0, 0.05) is 0 Å². The van der Waals surface area contributed by atoms with Gasteiger partial charge in [-0.3, -0.25) is 0 Å². The van der Waals surface area contributed by atoms with Crippen molar-refractivity contribution in [1.29, 1.82) is 0 Å². The first-order valence-electron chi connectivity index (χ1n) is 4.08. The number of pyridine rings is 1. The van der Waals surface area contributed by atoms with Crippen LogP contribution < -0.4 is 11.1 Å². The molecule has 0 fully saturated rings. The van der Waals surface area contributed by atoms with Crippen LogP contribution in [0, 0.1) is 19.3 Å². The average Bonchev–Trinajstić information content (AvgIpc) is 2.09. The van der Waals surface area contributed by atoms with Crippen LogP contribution in [0.2, 0.25) is 0 Å². The minimum atomic E-state index is -0.0187. The van der Waals surface area contributed by atoms with Crippen molar-refractivity contribution in [2.24, 2.45) is 0 Å². The molecule has 0 bridgehead atoms. The van der Waals surface area contributed by atoms with E-state index in [4.69, 9.17) is 12.2 Å². The summed E-state index contributed by atoms with van der Waals surface area (Å²) in [5.74, 6) is 3.36. The number of nitrogen functional groups attached to an aromatic ring is 1. The first-order valence-corrected chi connectivity index (χ1v) is 4.08. The number of aryl methyl sites for hydroxylation is 1. The van der Waals surface area contributed by atoms with Crippen molar-refractivity contribution < 1.29 is 0 Å². The van der Waals surface area contributed by atoms with E-state index in [9.17, 15) is 0 Å². The van der Waals surface area contributed by atoms with Crippen LogP contribution in [-0.4, -0.2) is 11.0 Å². The molecule has 3 nitrogen and oxygen atoms in total. The Kier molecular flexibility index (Phi) is 2.76. The molecular weight excluding hydrogens is 162 g/mol. The van der Waals surface area contributed by atoms with Gasteiger partial charge in [0.15, 0.2) is 0 Å². The largest absolute Gasteiger partial charge is 0.397 e. The van der Waals surface area contributed by atoms with E-state index in [0.717, 1.165) is 11.4 Å². The maximum atomic E-state index is 5.56. The first kappa shape index (κ1) is 9.40. The number of hydrogen-bond donors (Lipinski definition) is 2. The van der Waals surface area contributed by atoms with Gasteiger partial charge in [-0.1, -0.05) is 5.92 Å². The molecule has 13 heavy (non-hydrogen) atoms. The highest BCUT2D eigenvalue weighted by molar-refractivity contribution is 5.51. The Balaban J connectivity index is 2.85. The fourth-order valence-electron chi connectivity index (χ4n) is 0.994. The number of rotatable bonds is 2. The first-order chi connectivity index (χ1) is 6.13. The monoisotopic (exact) mass is 175 g/mol. The number of nitrogens with zero attached hydrogens (tertiary/aromatic N) is 1. The molecule has 1 heterocycles. The van der Waals surface area contributed by atoms with E-state index in [1.165, 1.54) is 0 Å². The minimum absolute atomic E-state index is 0.0187. The standard InChI is InChI=1S/C10H13N3/c1-4-8(3)13-10-7(2)5-9(11)6-12-10/h1,5-6,8H,11H2,2-3H3,(H,12,13). The molecule has 0 aromatic carbocycles. The summed E-state index contributed by atoms with van der Waals surface area (Å²) in [4.78, 5) is 4.13. The number of terminal acetylenes is 1. The highest BCUT2D eigenvalue weighted by Crippen LogP contribution is 2.14. The van der Waals surface area contributed by atoms with E-state index in [1.54, 1.807) is 6.20 Å². The van der Waals surface area contributed by atoms with Crippen LogP contribution in [0.4, 0.5) is 11.5 Å². The molecule has 68 valence electrons. The van der Waals surface area contributed by atoms with Gasteiger partial charge in [0.1, 0.15) is 5.82 Å². The zero-order chi connectivity index (χ0) is 9.84. The molecule has 3 N–H and O–H groups in total. The van der Waals surface area contributed by atoms with E-state index in [0.29, 0.717) is 5.69 Å². The predicted molar refractivity (Wildman–Crippen MR) is 55.3 cm³/mol. The molecule has 1 atom stereocenters. The Morgan fingerprint density at radius 2 is 2.38 bits per heavy atom. The van der Waals surface area contributed by atoms with Gasteiger partial charge in [0.05, 0.1) is 17.9 Å². The minimum Gasteiger partial charge on any atom is -0.397 e. The Hall–Kier alpha value is -1.69. The van der Waals surface area contributed by atoms with Gasteiger partial charge in [-0.15, -0.1) is 6.42 Å². The summed E-state index contributed by atoms with van der Waals surface area (Å²) < 4.78 is 0. The Morgan fingerprint density at radius 1 is 1.69 bits per heavy atom. The second kappa shape index (κ2) is 3.81. The quantitative estimate of drug-likeness (QED) is 0.668. The summed E-state index contributed by atoms with van der Waals surface area (Å²) in [7, 11) is 0. The second-order valence-corrected chi connectivity index (χ2v) is 2.97. The molecule has 0 amide bonds. The molecule has 0 aliphatic carbocycles. The van der Waals surface area contributed by atoms with E-state index >= 15 is 0 Å². The molecule has 0 radical (unpaired) electrons. The number of anilines is 2. The van der Waals surface area contributed by atoms with Crippen LogP contribution in [0.25, 0.3) is 0 Å². The summed E-state index contributed by atoms with van der Waals surface area (Å²) in [5, 5.41) is 3.08. The smallest absolute Gasteiger partial charge is 0.129 e. The van der Waals surface area contributed by atoms with Gasteiger partial charge in [-0.05, 0) is 25.5 Å². The molecule has 0 saturated heterocycles. The Bertz CT molecular complexity index is 339. The van der Waals surface area contributed by atoms with Gasteiger partial charge in [0.2, 0.25) is 0 Å². The third-order valence-corrected chi connectivity index (χ3v) is 1.70. The lowest BCUT2D eigenvalue weighted by molar-refractivity contribution is 1.01. The van der Waals surface area contributed by atoms with Crippen LogP contribution >= 0.6 is 0 Å². The van der Waals surface area contributed by atoms with Crippen molar-refractivity contribution in [2.45, 2.75) is 19.9 Å². The SMILES string of the molecule is C#CC(C)Nc1ncc(N)cc1C. The molecular formula is C10H13N3. The van der Waals surface area contributed by atoms with E-state index < -0.39 is 0 Å². The molecule has 1 rings (SSSR count). The average molecular weight is 175 g/mol. The Morgan fingerprint density at radius 3 is 2.92 bits per heavy atom. The van der Waals surface area contributed by atoms with E-state index in [1.807, 2.05) is 19.9 Å². The lowest BCUT2D eigenvalue weighted by Gasteiger charge is -2.10. The van der Waals surface area contributed by atoms with Crippen molar-refractivity contribution in [1.82, 2.24) is 4.98 Å². The molecule has 0 spiro atoms.